The lowest BCUT2D eigenvalue weighted by atomic mass is 10.0. The Morgan fingerprint density at radius 3 is 2.33 bits per heavy atom. The fourth-order valence-electron chi connectivity index (χ4n) is 1.82. The number of guanidine groups is 1. The van der Waals surface area contributed by atoms with Crippen molar-refractivity contribution in [3.63, 3.8) is 0 Å². The quantitative estimate of drug-likeness (QED) is 0.599. The highest BCUT2D eigenvalue weighted by Gasteiger charge is 2.04. The summed E-state index contributed by atoms with van der Waals surface area (Å²) in [5.74, 6) is 1.60. The molecule has 3 heteroatoms. The molecule has 1 aromatic carbocycles. The van der Waals surface area contributed by atoms with E-state index >= 15 is 0 Å². The lowest BCUT2D eigenvalue weighted by Crippen LogP contribution is -2.39. The smallest absolute Gasteiger partial charge is 0.191 e. The van der Waals surface area contributed by atoms with E-state index in [4.69, 9.17) is 0 Å². The van der Waals surface area contributed by atoms with E-state index in [-0.39, 0.29) is 0 Å². The second kappa shape index (κ2) is 8.56. The first-order chi connectivity index (χ1) is 8.80. The minimum absolute atomic E-state index is 0.722. The molecule has 0 aliphatic rings. The molecular weight excluding hydrogens is 222 g/mol. The maximum Gasteiger partial charge on any atom is 0.191 e. The molecule has 0 saturated carbocycles. The molecule has 2 N–H and O–H groups in total. The Hall–Kier alpha value is -1.51. The van der Waals surface area contributed by atoms with Crippen LogP contribution in [0, 0.1) is 5.92 Å². The molecule has 0 atom stereocenters. The van der Waals surface area contributed by atoms with Crippen LogP contribution in [-0.2, 0) is 6.54 Å². The zero-order valence-corrected chi connectivity index (χ0v) is 11.7. The Morgan fingerprint density at radius 1 is 1.11 bits per heavy atom. The maximum absolute atomic E-state index is 4.24. The molecule has 0 amide bonds. The summed E-state index contributed by atoms with van der Waals surface area (Å²) in [6.07, 6.45) is 2.42. The van der Waals surface area contributed by atoms with Crippen molar-refractivity contribution in [2.75, 3.05) is 13.6 Å². The third kappa shape index (κ3) is 5.21. The molecule has 1 aromatic rings. The Bertz CT molecular complexity index is 342. The number of hydrogen-bond acceptors (Lipinski definition) is 1. The van der Waals surface area contributed by atoms with Crippen LogP contribution in [0.5, 0.6) is 0 Å². The van der Waals surface area contributed by atoms with E-state index in [0.29, 0.717) is 0 Å². The van der Waals surface area contributed by atoms with E-state index in [1.165, 1.54) is 18.4 Å². The number of benzene rings is 1. The van der Waals surface area contributed by atoms with E-state index in [9.17, 15) is 0 Å². The van der Waals surface area contributed by atoms with Gasteiger partial charge in [0, 0.05) is 20.1 Å². The van der Waals surface area contributed by atoms with Gasteiger partial charge in [0.05, 0.1) is 0 Å². The summed E-state index contributed by atoms with van der Waals surface area (Å²) in [6.45, 7) is 6.26. The van der Waals surface area contributed by atoms with Crippen molar-refractivity contribution < 1.29 is 0 Å². The Balaban J connectivity index is 2.34. The molecule has 0 saturated heterocycles. The zero-order chi connectivity index (χ0) is 13.2. The van der Waals surface area contributed by atoms with Gasteiger partial charge in [-0.05, 0) is 11.5 Å². The van der Waals surface area contributed by atoms with Crippen molar-refractivity contribution in [3.8, 4) is 0 Å². The molecule has 18 heavy (non-hydrogen) atoms. The second-order valence-electron chi connectivity index (χ2n) is 4.47. The predicted octanol–water partition coefficient (Wildman–Crippen LogP) is 2.79. The third-order valence-corrected chi connectivity index (χ3v) is 3.24. The van der Waals surface area contributed by atoms with Gasteiger partial charge in [-0.1, -0.05) is 57.0 Å². The fourth-order valence-corrected chi connectivity index (χ4v) is 1.82. The summed E-state index contributed by atoms with van der Waals surface area (Å²) in [5.41, 5.74) is 1.27. The average Bonchev–Trinajstić information content (AvgIpc) is 2.44. The number of nitrogens with zero attached hydrogens (tertiary/aromatic N) is 1. The van der Waals surface area contributed by atoms with Crippen molar-refractivity contribution >= 4 is 5.96 Å². The van der Waals surface area contributed by atoms with Gasteiger partial charge in [-0.25, -0.2) is 0 Å². The van der Waals surface area contributed by atoms with Crippen molar-refractivity contribution in [2.24, 2.45) is 10.9 Å². The molecule has 3 nitrogen and oxygen atoms in total. The van der Waals surface area contributed by atoms with Crippen LogP contribution in [0.4, 0.5) is 0 Å². The minimum atomic E-state index is 0.722. The molecule has 0 radical (unpaired) electrons. The van der Waals surface area contributed by atoms with Crippen LogP contribution >= 0.6 is 0 Å². The summed E-state index contributed by atoms with van der Waals surface area (Å²) < 4.78 is 0. The highest BCUT2D eigenvalue weighted by atomic mass is 15.2. The van der Waals surface area contributed by atoms with Gasteiger partial charge in [-0.15, -0.1) is 0 Å². The number of aliphatic imine (C=N–C) groups is 1. The van der Waals surface area contributed by atoms with E-state index in [1.807, 2.05) is 13.1 Å². The van der Waals surface area contributed by atoms with Gasteiger partial charge in [0.1, 0.15) is 0 Å². The molecular formula is C15H25N3. The highest BCUT2D eigenvalue weighted by molar-refractivity contribution is 5.79. The van der Waals surface area contributed by atoms with Gasteiger partial charge < -0.3 is 10.6 Å². The molecule has 0 unspecified atom stereocenters. The van der Waals surface area contributed by atoms with E-state index in [0.717, 1.165) is 25.0 Å². The van der Waals surface area contributed by atoms with Crippen molar-refractivity contribution in [3.05, 3.63) is 35.9 Å². The zero-order valence-electron chi connectivity index (χ0n) is 11.7. The fraction of sp³-hybridized carbons (Fsp3) is 0.533. The SMILES string of the molecule is CCC(CC)CNC(=NC)NCc1ccccc1. The Morgan fingerprint density at radius 2 is 1.78 bits per heavy atom. The average molecular weight is 247 g/mol. The van der Waals surface area contributed by atoms with Crippen LogP contribution in [0.15, 0.2) is 35.3 Å². The molecule has 0 aliphatic carbocycles. The second-order valence-corrected chi connectivity index (χ2v) is 4.47. The first-order valence-corrected chi connectivity index (χ1v) is 6.78. The van der Waals surface area contributed by atoms with Crippen LogP contribution in [0.2, 0.25) is 0 Å². The van der Waals surface area contributed by atoms with Gasteiger partial charge in [0.15, 0.2) is 5.96 Å². The first-order valence-electron chi connectivity index (χ1n) is 6.78. The van der Waals surface area contributed by atoms with Crippen molar-refractivity contribution in [1.29, 1.82) is 0 Å². The molecule has 0 fully saturated rings. The summed E-state index contributed by atoms with van der Waals surface area (Å²) in [7, 11) is 1.81. The van der Waals surface area contributed by atoms with Crippen LogP contribution in [-0.4, -0.2) is 19.6 Å². The van der Waals surface area contributed by atoms with Crippen molar-refractivity contribution in [1.82, 2.24) is 10.6 Å². The van der Waals surface area contributed by atoms with Crippen LogP contribution < -0.4 is 10.6 Å². The number of hydrogen-bond donors (Lipinski definition) is 2. The lowest BCUT2D eigenvalue weighted by Gasteiger charge is -2.16. The summed E-state index contributed by atoms with van der Waals surface area (Å²) >= 11 is 0. The van der Waals surface area contributed by atoms with E-state index in [1.54, 1.807) is 0 Å². The van der Waals surface area contributed by atoms with Gasteiger partial charge in [-0.3, -0.25) is 4.99 Å². The summed E-state index contributed by atoms with van der Waals surface area (Å²) in [6, 6.07) is 10.4. The largest absolute Gasteiger partial charge is 0.356 e. The maximum atomic E-state index is 4.24. The molecule has 1 rings (SSSR count). The van der Waals surface area contributed by atoms with Crippen LogP contribution in [0.1, 0.15) is 32.3 Å². The van der Waals surface area contributed by atoms with Gasteiger partial charge >= 0.3 is 0 Å². The summed E-state index contributed by atoms with van der Waals surface area (Å²) in [4.78, 5) is 4.24. The van der Waals surface area contributed by atoms with Crippen molar-refractivity contribution in [2.45, 2.75) is 33.2 Å². The van der Waals surface area contributed by atoms with E-state index < -0.39 is 0 Å². The Kier molecular flexibility index (Phi) is 6.92. The van der Waals surface area contributed by atoms with Gasteiger partial charge in [0.25, 0.3) is 0 Å². The normalized spacial score (nSPS) is 11.7. The highest BCUT2D eigenvalue weighted by Crippen LogP contribution is 2.04. The predicted molar refractivity (Wildman–Crippen MR) is 78.7 cm³/mol. The number of rotatable bonds is 6. The standard InChI is InChI=1S/C15H25N3/c1-4-13(5-2)11-17-15(16-3)18-12-14-9-7-6-8-10-14/h6-10,13H,4-5,11-12H2,1-3H3,(H2,16,17,18). The first kappa shape index (κ1) is 14.6. The van der Waals surface area contributed by atoms with Crippen LogP contribution in [0.25, 0.3) is 0 Å². The lowest BCUT2D eigenvalue weighted by molar-refractivity contribution is 0.481. The molecule has 0 aliphatic heterocycles. The van der Waals surface area contributed by atoms with Gasteiger partial charge in [-0.2, -0.15) is 0 Å². The van der Waals surface area contributed by atoms with Crippen LogP contribution in [0.3, 0.4) is 0 Å². The minimum Gasteiger partial charge on any atom is -0.356 e. The topological polar surface area (TPSA) is 36.4 Å². The monoisotopic (exact) mass is 247 g/mol. The molecule has 0 spiro atoms. The summed E-state index contributed by atoms with van der Waals surface area (Å²) in [5, 5.41) is 6.71. The molecule has 100 valence electrons. The molecule has 0 aromatic heterocycles. The third-order valence-electron chi connectivity index (χ3n) is 3.24. The van der Waals surface area contributed by atoms with E-state index in [2.05, 4.69) is 53.7 Å². The number of nitrogens with one attached hydrogen (secondary N) is 2. The Labute approximate surface area is 111 Å². The molecule has 0 bridgehead atoms. The van der Waals surface area contributed by atoms with Gasteiger partial charge in [0.2, 0.25) is 0 Å². The molecule has 0 heterocycles.